The van der Waals surface area contributed by atoms with Crippen LogP contribution in [-0.2, 0) is 26.2 Å². The molecule has 208 valence electrons. The fourth-order valence-electron chi connectivity index (χ4n) is 3.92. The van der Waals surface area contributed by atoms with Crippen molar-refractivity contribution < 1.29 is 18.0 Å². The van der Waals surface area contributed by atoms with E-state index in [2.05, 4.69) is 5.32 Å². The van der Waals surface area contributed by atoms with Crippen LogP contribution in [0.2, 0.25) is 10.0 Å². The average molecular weight is 591 g/mol. The summed E-state index contributed by atoms with van der Waals surface area (Å²) < 4.78 is 28.8. The largest absolute Gasteiger partial charge is 0.352 e. The average Bonchev–Trinajstić information content (AvgIpc) is 2.92. The third kappa shape index (κ3) is 7.75. The predicted octanol–water partition coefficient (Wildman–Crippen LogP) is 5.83. The first kappa shape index (κ1) is 30.5. The summed E-state index contributed by atoms with van der Waals surface area (Å²) in [6, 6.07) is 18.7. The van der Waals surface area contributed by atoms with Gasteiger partial charge in [-0.1, -0.05) is 66.5 Å². The molecule has 0 aromatic heterocycles. The number of hydrogen-bond acceptors (Lipinski definition) is 4. The molecule has 0 saturated heterocycles. The van der Waals surface area contributed by atoms with Crippen LogP contribution < -0.4 is 9.62 Å². The number of anilines is 1. The first-order valence-corrected chi connectivity index (χ1v) is 14.8. The highest BCUT2D eigenvalue weighted by atomic mass is 35.5. The van der Waals surface area contributed by atoms with E-state index in [4.69, 9.17) is 23.2 Å². The second-order valence-electron chi connectivity index (χ2n) is 9.40. The number of nitrogens with zero attached hydrogens (tertiary/aromatic N) is 2. The van der Waals surface area contributed by atoms with E-state index in [1.165, 1.54) is 23.1 Å². The summed E-state index contributed by atoms with van der Waals surface area (Å²) in [5.41, 5.74) is 1.65. The van der Waals surface area contributed by atoms with E-state index in [0.717, 1.165) is 16.3 Å². The highest BCUT2D eigenvalue weighted by Crippen LogP contribution is 2.30. The van der Waals surface area contributed by atoms with Gasteiger partial charge in [0.05, 0.1) is 10.6 Å². The predicted molar refractivity (Wildman–Crippen MR) is 157 cm³/mol. The van der Waals surface area contributed by atoms with Crippen LogP contribution in [0.3, 0.4) is 0 Å². The molecule has 0 fully saturated rings. The zero-order valence-electron chi connectivity index (χ0n) is 22.4. The SMILES string of the molecule is CC[C@@H](C)NC(=O)[C@H](C)N(Cc1ccc(Cl)cc1)C(=O)CN(c1cc(Cl)ccc1C)S(=O)(=O)c1ccccc1. The van der Waals surface area contributed by atoms with Crippen LogP contribution in [-0.4, -0.2) is 43.8 Å². The maximum atomic E-state index is 14.0. The molecule has 0 aliphatic heterocycles. The number of nitrogens with one attached hydrogen (secondary N) is 1. The highest BCUT2D eigenvalue weighted by molar-refractivity contribution is 7.92. The summed E-state index contributed by atoms with van der Waals surface area (Å²) in [4.78, 5) is 28.5. The molecule has 0 radical (unpaired) electrons. The van der Waals surface area contributed by atoms with Gasteiger partial charge in [0.2, 0.25) is 11.8 Å². The van der Waals surface area contributed by atoms with Crippen molar-refractivity contribution in [3.05, 3.63) is 94.0 Å². The highest BCUT2D eigenvalue weighted by Gasteiger charge is 2.33. The Morgan fingerprint density at radius 2 is 1.54 bits per heavy atom. The summed E-state index contributed by atoms with van der Waals surface area (Å²) in [5, 5.41) is 3.78. The van der Waals surface area contributed by atoms with Gasteiger partial charge in [-0.15, -0.1) is 0 Å². The Hall–Kier alpha value is -3.07. The molecular weight excluding hydrogens is 557 g/mol. The summed E-state index contributed by atoms with van der Waals surface area (Å²) in [6.07, 6.45) is 0.723. The van der Waals surface area contributed by atoms with Crippen molar-refractivity contribution in [3.8, 4) is 0 Å². The van der Waals surface area contributed by atoms with Crippen LogP contribution in [0.15, 0.2) is 77.7 Å². The van der Waals surface area contributed by atoms with E-state index in [1.807, 2.05) is 13.8 Å². The van der Waals surface area contributed by atoms with Crippen LogP contribution in [0, 0.1) is 6.92 Å². The molecule has 1 N–H and O–H groups in total. The monoisotopic (exact) mass is 589 g/mol. The van der Waals surface area contributed by atoms with Gasteiger partial charge in [0, 0.05) is 22.6 Å². The number of halogens is 2. The van der Waals surface area contributed by atoms with Crippen LogP contribution >= 0.6 is 23.2 Å². The van der Waals surface area contributed by atoms with Crippen molar-refractivity contribution in [2.45, 2.75) is 57.6 Å². The minimum Gasteiger partial charge on any atom is -0.352 e. The van der Waals surface area contributed by atoms with Gasteiger partial charge in [0.15, 0.2) is 0 Å². The number of benzene rings is 3. The minimum atomic E-state index is -4.16. The molecule has 2 amide bonds. The zero-order chi connectivity index (χ0) is 28.7. The Bertz CT molecular complexity index is 1400. The number of rotatable bonds is 11. The van der Waals surface area contributed by atoms with Crippen molar-refractivity contribution in [2.24, 2.45) is 0 Å². The van der Waals surface area contributed by atoms with E-state index in [9.17, 15) is 18.0 Å². The molecule has 3 aromatic rings. The summed E-state index contributed by atoms with van der Waals surface area (Å²) >= 11 is 12.3. The molecule has 7 nitrogen and oxygen atoms in total. The molecule has 2 atom stereocenters. The van der Waals surface area contributed by atoms with Crippen LogP contribution in [0.4, 0.5) is 5.69 Å². The minimum absolute atomic E-state index is 0.0315. The topological polar surface area (TPSA) is 86.8 Å². The van der Waals surface area contributed by atoms with E-state index in [1.54, 1.807) is 68.4 Å². The molecule has 3 rings (SSSR count). The van der Waals surface area contributed by atoms with E-state index >= 15 is 0 Å². The Morgan fingerprint density at radius 1 is 0.923 bits per heavy atom. The van der Waals surface area contributed by atoms with Crippen LogP contribution in [0.5, 0.6) is 0 Å². The normalized spacial score (nSPS) is 12.9. The molecule has 0 heterocycles. The lowest BCUT2D eigenvalue weighted by Crippen LogP contribution is -2.52. The Balaban J connectivity index is 2.05. The van der Waals surface area contributed by atoms with Crippen molar-refractivity contribution in [3.63, 3.8) is 0 Å². The van der Waals surface area contributed by atoms with Gasteiger partial charge in [-0.3, -0.25) is 13.9 Å². The number of carbonyl (C=O) groups is 2. The van der Waals surface area contributed by atoms with Gasteiger partial charge in [-0.05, 0) is 74.7 Å². The number of sulfonamides is 1. The second kappa shape index (κ2) is 13.3. The van der Waals surface area contributed by atoms with Crippen molar-refractivity contribution in [2.75, 3.05) is 10.8 Å². The van der Waals surface area contributed by atoms with Gasteiger partial charge in [-0.25, -0.2) is 8.42 Å². The summed E-state index contributed by atoms with van der Waals surface area (Å²) in [6.45, 7) is 6.76. The maximum Gasteiger partial charge on any atom is 0.264 e. The van der Waals surface area contributed by atoms with E-state index in [-0.39, 0.29) is 29.1 Å². The van der Waals surface area contributed by atoms with Gasteiger partial charge < -0.3 is 10.2 Å². The molecule has 0 bridgehead atoms. The zero-order valence-corrected chi connectivity index (χ0v) is 24.7. The summed E-state index contributed by atoms with van der Waals surface area (Å²) in [5.74, 6) is -0.876. The van der Waals surface area contributed by atoms with Crippen molar-refractivity contribution in [1.29, 1.82) is 0 Å². The molecule has 39 heavy (non-hydrogen) atoms. The Labute approximate surface area is 240 Å². The van der Waals surface area contributed by atoms with Crippen molar-refractivity contribution in [1.82, 2.24) is 10.2 Å². The molecular formula is C29H33Cl2N3O4S. The number of amides is 2. The molecule has 0 spiro atoms. The van der Waals surface area contributed by atoms with E-state index in [0.29, 0.717) is 15.6 Å². The Morgan fingerprint density at radius 3 is 2.15 bits per heavy atom. The van der Waals surface area contributed by atoms with Gasteiger partial charge >= 0.3 is 0 Å². The summed E-state index contributed by atoms with van der Waals surface area (Å²) in [7, 11) is -4.16. The number of hydrogen-bond donors (Lipinski definition) is 1. The first-order valence-electron chi connectivity index (χ1n) is 12.6. The lowest BCUT2D eigenvalue weighted by molar-refractivity contribution is -0.139. The number of carbonyl (C=O) groups excluding carboxylic acids is 2. The fraction of sp³-hybridized carbons (Fsp3) is 0.310. The van der Waals surface area contributed by atoms with Crippen molar-refractivity contribution >= 4 is 50.7 Å². The lowest BCUT2D eigenvalue weighted by Gasteiger charge is -2.33. The second-order valence-corrected chi connectivity index (χ2v) is 12.1. The molecule has 0 aliphatic rings. The Kier molecular flexibility index (Phi) is 10.4. The molecule has 0 unspecified atom stereocenters. The maximum absolute atomic E-state index is 14.0. The van der Waals surface area contributed by atoms with Crippen LogP contribution in [0.25, 0.3) is 0 Å². The third-order valence-corrected chi connectivity index (χ3v) is 8.75. The number of aryl methyl sites for hydroxylation is 1. The molecule has 3 aromatic carbocycles. The molecule has 10 heteroatoms. The van der Waals surface area contributed by atoms with Crippen LogP contribution in [0.1, 0.15) is 38.3 Å². The first-order chi connectivity index (χ1) is 18.4. The molecule has 0 aliphatic carbocycles. The van der Waals surface area contributed by atoms with Gasteiger partial charge in [0.1, 0.15) is 12.6 Å². The standard InChI is InChI=1S/C29H33Cl2N3O4S/c1-5-21(3)32-29(36)22(4)33(18-23-12-15-24(30)16-13-23)28(35)19-34(27-17-25(31)14-11-20(27)2)39(37,38)26-9-7-6-8-10-26/h6-17,21-22H,5,18-19H2,1-4H3,(H,32,36)/t21-,22+/m1/s1. The van der Waals surface area contributed by atoms with Gasteiger partial charge in [0.25, 0.3) is 10.0 Å². The smallest absolute Gasteiger partial charge is 0.264 e. The fourth-order valence-corrected chi connectivity index (χ4v) is 5.70. The van der Waals surface area contributed by atoms with E-state index < -0.39 is 28.5 Å². The molecule has 0 saturated carbocycles. The lowest BCUT2D eigenvalue weighted by atomic mass is 10.1. The quantitative estimate of drug-likeness (QED) is 0.305. The van der Waals surface area contributed by atoms with Gasteiger partial charge in [-0.2, -0.15) is 0 Å². The third-order valence-electron chi connectivity index (χ3n) is 6.48.